The maximum atomic E-state index is 5.62. The Hall–Kier alpha value is -1.02. The van der Waals surface area contributed by atoms with Crippen LogP contribution in [0.5, 0.6) is 5.75 Å². The molecule has 0 aliphatic rings. The van der Waals surface area contributed by atoms with E-state index >= 15 is 0 Å². The minimum Gasteiger partial charge on any atom is -0.496 e. The van der Waals surface area contributed by atoms with Crippen LogP contribution in [-0.4, -0.2) is 13.7 Å². The van der Waals surface area contributed by atoms with E-state index in [1.165, 1.54) is 16.7 Å². The number of benzene rings is 1. The van der Waals surface area contributed by atoms with Gasteiger partial charge in [0.05, 0.1) is 7.11 Å². The smallest absolute Gasteiger partial charge is 0.124 e. The van der Waals surface area contributed by atoms with Gasteiger partial charge in [0.1, 0.15) is 5.75 Å². The lowest BCUT2D eigenvalue weighted by Crippen LogP contribution is -2.11. The monoisotopic (exact) mass is 221 g/mol. The molecule has 2 nitrogen and oxygen atoms in total. The molecule has 1 atom stereocenters. The summed E-state index contributed by atoms with van der Waals surface area (Å²) >= 11 is 0. The zero-order valence-electron chi connectivity index (χ0n) is 10.8. The highest BCUT2D eigenvalue weighted by molar-refractivity contribution is 5.43. The van der Waals surface area contributed by atoms with Crippen LogP contribution in [0.2, 0.25) is 0 Å². The van der Waals surface area contributed by atoms with E-state index in [1.54, 1.807) is 7.11 Å². The first kappa shape index (κ1) is 13.0. The molecule has 0 aliphatic carbocycles. The van der Waals surface area contributed by atoms with Crippen molar-refractivity contribution in [1.29, 1.82) is 0 Å². The molecule has 1 aromatic carbocycles. The summed E-state index contributed by atoms with van der Waals surface area (Å²) in [5.74, 6) is 1.61. The van der Waals surface area contributed by atoms with Crippen molar-refractivity contribution in [1.82, 2.24) is 0 Å². The van der Waals surface area contributed by atoms with Crippen molar-refractivity contribution in [3.63, 3.8) is 0 Å². The third-order valence-corrected chi connectivity index (χ3v) is 3.05. The van der Waals surface area contributed by atoms with Gasteiger partial charge in [0.2, 0.25) is 0 Å². The Bertz CT molecular complexity index is 324. The van der Waals surface area contributed by atoms with Crippen LogP contribution in [-0.2, 0) is 6.42 Å². The summed E-state index contributed by atoms with van der Waals surface area (Å²) in [6, 6.07) is 4.43. The zero-order valence-corrected chi connectivity index (χ0v) is 10.8. The van der Waals surface area contributed by atoms with Crippen molar-refractivity contribution >= 4 is 0 Å². The molecule has 0 heterocycles. The molecule has 0 aromatic heterocycles. The molecular weight excluding hydrogens is 198 g/mol. The van der Waals surface area contributed by atoms with Gasteiger partial charge in [-0.25, -0.2) is 0 Å². The Morgan fingerprint density at radius 3 is 2.25 bits per heavy atom. The maximum absolute atomic E-state index is 5.62. The predicted octanol–water partition coefficient (Wildman–Crippen LogP) is 2.84. The number of rotatable bonds is 5. The van der Waals surface area contributed by atoms with Gasteiger partial charge in [-0.1, -0.05) is 19.1 Å². The van der Waals surface area contributed by atoms with Crippen molar-refractivity contribution in [2.45, 2.75) is 33.6 Å². The fourth-order valence-corrected chi connectivity index (χ4v) is 2.04. The molecule has 0 bridgehead atoms. The van der Waals surface area contributed by atoms with Crippen LogP contribution >= 0.6 is 0 Å². The maximum Gasteiger partial charge on any atom is 0.124 e. The Balaban J connectivity index is 2.76. The van der Waals surface area contributed by atoms with Gasteiger partial charge in [-0.2, -0.15) is 0 Å². The minimum absolute atomic E-state index is 0.600. The topological polar surface area (TPSA) is 35.2 Å². The fraction of sp³-hybridized carbons (Fsp3) is 0.571. The van der Waals surface area contributed by atoms with E-state index in [2.05, 4.69) is 32.9 Å². The second-order valence-corrected chi connectivity index (χ2v) is 4.64. The minimum atomic E-state index is 0.600. The van der Waals surface area contributed by atoms with Gasteiger partial charge in [-0.15, -0.1) is 0 Å². The van der Waals surface area contributed by atoms with Crippen LogP contribution in [0, 0.1) is 19.8 Å². The van der Waals surface area contributed by atoms with Gasteiger partial charge in [0.15, 0.2) is 0 Å². The molecule has 0 saturated heterocycles. The second kappa shape index (κ2) is 5.90. The molecule has 2 N–H and O–H groups in total. The second-order valence-electron chi connectivity index (χ2n) is 4.64. The predicted molar refractivity (Wildman–Crippen MR) is 69.0 cm³/mol. The van der Waals surface area contributed by atoms with Crippen LogP contribution in [0.15, 0.2) is 12.1 Å². The largest absolute Gasteiger partial charge is 0.496 e. The highest BCUT2D eigenvalue weighted by Crippen LogP contribution is 2.25. The van der Waals surface area contributed by atoms with E-state index in [4.69, 9.17) is 10.5 Å². The Labute approximate surface area is 98.8 Å². The van der Waals surface area contributed by atoms with Gasteiger partial charge in [0.25, 0.3) is 0 Å². The zero-order chi connectivity index (χ0) is 12.1. The number of nitrogens with two attached hydrogens (primary N) is 1. The van der Waals surface area contributed by atoms with Gasteiger partial charge >= 0.3 is 0 Å². The summed E-state index contributed by atoms with van der Waals surface area (Å²) < 4.78 is 5.36. The number of ether oxygens (including phenoxy) is 1. The summed E-state index contributed by atoms with van der Waals surface area (Å²) in [5, 5.41) is 0. The molecule has 0 spiro atoms. The van der Waals surface area contributed by atoms with E-state index in [0.717, 1.165) is 25.1 Å². The lowest BCUT2D eigenvalue weighted by molar-refractivity contribution is 0.408. The van der Waals surface area contributed by atoms with Gasteiger partial charge < -0.3 is 10.5 Å². The van der Waals surface area contributed by atoms with Crippen molar-refractivity contribution in [3.05, 3.63) is 28.8 Å². The van der Waals surface area contributed by atoms with Crippen molar-refractivity contribution < 1.29 is 4.74 Å². The van der Waals surface area contributed by atoms with Crippen LogP contribution in [0.3, 0.4) is 0 Å². The normalized spacial score (nSPS) is 12.6. The quantitative estimate of drug-likeness (QED) is 0.829. The van der Waals surface area contributed by atoms with Crippen LogP contribution < -0.4 is 10.5 Å². The fourth-order valence-electron chi connectivity index (χ4n) is 2.04. The molecule has 0 radical (unpaired) electrons. The number of methoxy groups -OCH3 is 1. The van der Waals surface area contributed by atoms with E-state index in [9.17, 15) is 0 Å². The van der Waals surface area contributed by atoms with Crippen molar-refractivity contribution in [3.8, 4) is 5.75 Å². The van der Waals surface area contributed by atoms with Gasteiger partial charge in [-0.05, 0) is 55.8 Å². The van der Waals surface area contributed by atoms with E-state index in [0.29, 0.717) is 5.92 Å². The first-order valence-electron chi connectivity index (χ1n) is 5.92. The molecule has 90 valence electrons. The third kappa shape index (κ3) is 3.24. The Kier molecular flexibility index (Phi) is 4.81. The molecule has 1 unspecified atom stereocenters. The van der Waals surface area contributed by atoms with E-state index in [1.807, 2.05) is 0 Å². The molecule has 16 heavy (non-hydrogen) atoms. The molecule has 0 fully saturated rings. The van der Waals surface area contributed by atoms with Gasteiger partial charge in [-0.3, -0.25) is 0 Å². The van der Waals surface area contributed by atoms with Crippen molar-refractivity contribution in [2.75, 3.05) is 13.7 Å². The first-order chi connectivity index (χ1) is 7.58. The molecule has 1 rings (SSSR count). The first-order valence-corrected chi connectivity index (χ1v) is 5.92. The number of hydrogen-bond donors (Lipinski definition) is 1. The standard InChI is InChI=1S/C14H23NO/c1-10(9-15)5-6-13-7-11(2)14(16-4)12(3)8-13/h7-8,10H,5-6,9,15H2,1-4H3. The highest BCUT2D eigenvalue weighted by atomic mass is 16.5. The Morgan fingerprint density at radius 1 is 1.25 bits per heavy atom. The lowest BCUT2D eigenvalue weighted by Gasteiger charge is -2.13. The van der Waals surface area contributed by atoms with E-state index in [-0.39, 0.29) is 0 Å². The van der Waals surface area contributed by atoms with Crippen molar-refractivity contribution in [2.24, 2.45) is 11.7 Å². The summed E-state index contributed by atoms with van der Waals surface area (Å²) in [5.41, 5.74) is 9.45. The lowest BCUT2D eigenvalue weighted by atomic mass is 9.98. The number of aryl methyl sites for hydroxylation is 3. The summed E-state index contributed by atoms with van der Waals surface area (Å²) in [7, 11) is 1.73. The summed E-state index contributed by atoms with van der Waals surface area (Å²) in [4.78, 5) is 0. The molecule has 2 heteroatoms. The molecule has 0 saturated carbocycles. The van der Waals surface area contributed by atoms with E-state index < -0.39 is 0 Å². The summed E-state index contributed by atoms with van der Waals surface area (Å²) in [6.07, 6.45) is 2.26. The third-order valence-electron chi connectivity index (χ3n) is 3.05. The van der Waals surface area contributed by atoms with Crippen LogP contribution in [0.4, 0.5) is 0 Å². The highest BCUT2D eigenvalue weighted by Gasteiger charge is 2.06. The Morgan fingerprint density at radius 2 is 1.81 bits per heavy atom. The average molecular weight is 221 g/mol. The van der Waals surface area contributed by atoms with Crippen LogP contribution in [0.1, 0.15) is 30.0 Å². The van der Waals surface area contributed by atoms with Crippen LogP contribution in [0.25, 0.3) is 0 Å². The summed E-state index contributed by atoms with van der Waals surface area (Å²) in [6.45, 7) is 7.17. The molecule has 1 aromatic rings. The van der Waals surface area contributed by atoms with Gasteiger partial charge in [0, 0.05) is 0 Å². The molecular formula is C14H23NO. The SMILES string of the molecule is COc1c(C)cc(CCC(C)CN)cc1C. The number of hydrogen-bond acceptors (Lipinski definition) is 2. The molecule has 0 amide bonds. The molecule has 0 aliphatic heterocycles. The average Bonchev–Trinajstić information content (AvgIpc) is 2.25.